The molecule has 0 unspecified atom stereocenters. The Hall–Kier alpha value is -1.40. The van der Waals surface area contributed by atoms with E-state index in [0.717, 1.165) is 0 Å². The quantitative estimate of drug-likeness (QED) is 0.615. The molecule has 1 atom stereocenters. The fraction of sp³-hybridized carbons (Fsp3) is 0.714. The third kappa shape index (κ3) is 5.28. The third-order valence-corrected chi connectivity index (χ3v) is 1.43. The molecule has 0 aromatic heterocycles. The molecule has 82 valence electrons. The van der Waals surface area contributed by atoms with Crippen LogP contribution >= 0.6 is 0 Å². The maximum absolute atomic E-state index is 11.6. The Balaban J connectivity index is 3.85. The van der Waals surface area contributed by atoms with Crippen LogP contribution < -0.4 is 10.6 Å². The van der Waals surface area contributed by atoms with Crippen molar-refractivity contribution in [2.75, 3.05) is 6.54 Å². The van der Waals surface area contributed by atoms with E-state index in [0.29, 0.717) is 0 Å². The molecule has 0 aliphatic carbocycles. The van der Waals surface area contributed by atoms with Crippen LogP contribution in [0, 0.1) is 0 Å². The Morgan fingerprint density at radius 3 is 2.36 bits per heavy atom. The van der Waals surface area contributed by atoms with Crippen molar-refractivity contribution in [3.63, 3.8) is 0 Å². The highest BCUT2D eigenvalue weighted by Gasteiger charge is 2.17. The summed E-state index contributed by atoms with van der Waals surface area (Å²) in [6.07, 6.45) is -2.46. The molecule has 0 aliphatic rings. The lowest BCUT2D eigenvalue weighted by molar-refractivity contribution is -0.139. The lowest BCUT2D eigenvalue weighted by Gasteiger charge is -2.12. The highest BCUT2D eigenvalue weighted by atomic mass is 19.3. The lowest BCUT2D eigenvalue weighted by atomic mass is 10.2. The maximum atomic E-state index is 11.6. The standard InChI is InChI=1S/C7H12F2N2O3/c1-2-4(6(12)13)11-7(14)10-3-5(8)9/h4-5H,2-3H2,1H3,(H,12,13)(H2,10,11,14)/t4-/m1/s1. The van der Waals surface area contributed by atoms with E-state index in [2.05, 4.69) is 0 Å². The van der Waals surface area contributed by atoms with Crippen molar-refractivity contribution in [3.05, 3.63) is 0 Å². The maximum Gasteiger partial charge on any atom is 0.326 e. The molecule has 0 saturated heterocycles. The van der Waals surface area contributed by atoms with E-state index < -0.39 is 31.0 Å². The van der Waals surface area contributed by atoms with E-state index in [4.69, 9.17) is 5.11 Å². The minimum Gasteiger partial charge on any atom is -0.480 e. The smallest absolute Gasteiger partial charge is 0.326 e. The molecule has 0 radical (unpaired) electrons. The van der Waals surface area contributed by atoms with E-state index in [-0.39, 0.29) is 6.42 Å². The lowest BCUT2D eigenvalue weighted by Crippen LogP contribution is -2.46. The zero-order chi connectivity index (χ0) is 11.1. The van der Waals surface area contributed by atoms with Crippen molar-refractivity contribution in [2.45, 2.75) is 25.8 Å². The summed E-state index contributed by atoms with van der Waals surface area (Å²) in [6.45, 7) is 0.772. The van der Waals surface area contributed by atoms with Gasteiger partial charge in [-0.05, 0) is 6.42 Å². The number of nitrogens with one attached hydrogen (secondary N) is 2. The number of carbonyl (C=O) groups is 2. The third-order valence-electron chi connectivity index (χ3n) is 1.43. The fourth-order valence-electron chi connectivity index (χ4n) is 0.718. The van der Waals surface area contributed by atoms with Crippen LogP contribution in [0.5, 0.6) is 0 Å². The number of alkyl halides is 2. The SMILES string of the molecule is CC[C@@H](NC(=O)NCC(F)F)C(=O)O. The van der Waals surface area contributed by atoms with E-state index in [1.165, 1.54) is 0 Å². The summed E-state index contributed by atoms with van der Waals surface area (Å²) in [4.78, 5) is 21.2. The molecule has 0 aliphatic heterocycles. The minimum absolute atomic E-state index is 0.192. The van der Waals surface area contributed by atoms with Crippen LogP contribution in [0.3, 0.4) is 0 Å². The first-order valence-corrected chi connectivity index (χ1v) is 4.02. The summed E-state index contributed by atoms with van der Waals surface area (Å²) in [5.74, 6) is -1.19. The molecule has 0 heterocycles. The van der Waals surface area contributed by atoms with Gasteiger partial charge in [-0.2, -0.15) is 0 Å². The molecule has 7 heteroatoms. The van der Waals surface area contributed by atoms with Crippen molar-refractivity contribution >= 4 is 12.0 Å². The Kier molecular flexibility index (Phi) is 5.50. The Morgan fingerprint density at radius 2 is 2.00 bits per heavy atom. The first-order valence-electron chi connectivity index (χ1n) is 4.02. The van der Waals surface area contributed by atoms with Crippen LogP contribution in [0.2, 0.25) is 0 Å². The van der Waals surface area contributed by atoms with Crippen LogP contribution in [-0.2, 0) is 4.79 Å². The number of hydrogen-bond acceptors (Lipinski definition) is 2. The van der Waals surface area contributed by atoms with Crippen molar-refractivity contribution in [1.29, 1.82) is 0 Å². The van der Waals surface area contributed by atoms with Crippen LogP contribution in [0.4, 0.5) is 13.6 Å². The molecule has 0 rings (SSSR count). The van der Waals surface area contributed by atoms with Crippen LogP contribution in [-0.4, -0.2) is 36.1 Å². The predicted octanol–water partition coefficient (Wildman–Crippen LogP) is 0.414. The summed E-state index contributed by atoms with van der Waals surface area (Å²) in [5, 5.41) is 12.4. The molecular weight excluding hydrogens is 198 g/mol. The number of carboxylic acids is 1. The molecule has 3 N–H and O–H groups in total. The number of halogens is 2. The number of aliphatic carboxylic acids is 1. The molecule has 0 fully saturated rings. The van der Waals surface area contributed by atoms with Gasteiger partial charge in [-0.15, -0.1) is 0 Å². The van der Waals surface area contributed by atoms with E-state index >= 15 is 0 Å². The summed E-state index contributed by atoms with van der Waals surface area (Å²) < 4.78 is 23.2. The average molecular weight is 210 g/mol. The van der Waals surface area contributed by atoms with Gasteiger partial charge in [0.15, 0.2) is 0 Å². The second kappa shape index (κ2) is 6.11. The molecule has 14 heavy (non-hydrogen) atoms. The van der Waals surface area contributed by atoms with E-state index in [1.54, 1.807) is 6.92 Å². The second-order valence-corrected chi connectivity index (χ2v) is 2.54. The van der Waals surface area contributed by atoms with E-state index in [1.807, 2.05) is 10.6 Å². The predicted molar refractivity (Wildman–Crippen MR) is 44.3 cm³/mol. The largest absolute Gasteiger partial charge is 0.480 e. The number of urea groups is 1. The monoisotopic (exact) mass is 210 g/mol. The van der Waals surface area contributed by atoms with Gasteiger partial charge in [0.1, 0.15) is 6.04 Å². The number of hydrogen-bond donors (Lipinski definition) is 3. The zero-order valence-corrected chi connectivity index (χ0v) is 7.59. The topological polar surface area (TPSA) is 78.4 Å². The summed E-state index contributed by atoms with van der Waals surface area (Å²) >= 11 is 0. The van der Waals surface area contributed by atoms with Gasteiger partial charge in [0.25, 0.3) is 6.43 Å². The van der Waals surface area contributed by atoms with Gasteiger partial charge in [-0.3, -0.25) is 0 Å². The number of rotatable bonds is 5. The first-order chi connectivity index (χ1) is 6.47. The van der Waals surface area contributed by atoms with Gasteiger partial charge in [0.2, 0.25) is 0 Å². The Morgan fingerprint density at radius 1 is 1.43 bits per heavy atom. The Labute approximate surface area is 79.5 Å². The molecule has 0 saturated carbocycles. The molecule has 0 aromatic rings. The van der Waals surface area contributed by atoms with Crippen molar-refractivity contribution in [1.82, 2.24) is 10.6 Å². The summed E-state index contributed by atoms with van der Waals surface area (Å²) in [7, 11) is 0. The number of carboxylic acid groups (broad SMARTS) is 1. The highest BCUT2D eigenvalue weighted by molar-refractivity contribution is 5.82. The van der Waals surface area contributed by atoms with Gasteiger partial charge < -0.3 is 15.7 Å². The number of carbonyl (C=O) groups excluding carboxylic acids is 1. The summed E-state index contributed by atoms with van der Waals surface area (Å²) in [5.41, 5.74) is 0. The van der Waals surface area contributed by atoms with Crippen molar-refractivity contribution < 1.29 is 23.5 Å². The molecular formula is C7H12F2N2O3. The average Bonchev–Trinajstić information content (AvgIpc) is 2.10. The van der Waals surface area contributed by atoms with Gasteiger partial charge in [-0.25, -0.2) is 18.4 Å². The molecule has 2 amide bonds. The Bertz CT molecular complexity index is 211. The van der Waals surface area contributed by atoms with Crippen LogP contribution in [0.1, 0.15) is 13.3 Å². The first kappa shape index (κ1) is 12.6. The fourth-order valence-corrected chi connectivity index (χ4v) is 0.718. The number of amides is 2. The summed E-state index contributed by atoms with van der Waals surface area (Å²) in [6, 6.07) is -1.95. The van der Waals surface area contributed by atoms with Gasteiger partial charge in [-0.1, -0.05) is 6.92 Å². The molecule has 0 spiro atoms. The van der Waals surface area contributed by atoms with Crippen LogP contribution in [0.25, 0.3) is 0 Å². The van der Waals surface area contributed by atoms with Crippen molar-refractivity contribution in [3.8, 4) is 0 Å². The molecule has 0 aromatic carbocycles. The highest BCUT2D eigenvalue weighted by Crippen LogP contribution is 1.91. The molecule has 0 bridgehead atoms. The normalized spacial score (nSPS) is 12.3. The molecule has 5 nitrogen and oxygen atoms in total. The second-order valence-electron chi connectivity index (χ2n) is 2.54. The van der Waals surface area contributed by atoms with Crippen LogP contribution in [0.15, 0.2) is 0 Å². The van der Waals surface area contributed by atoms with Gasteiger partial charge in [0.05, 0.1) is 6.54 Å². The minimum atomic E-state index is -2.65. The van der Waals surface area contributed by atoms with Gasteiger partial charge in [0, 0.05) is 0 Å². The zero-order valence-electron chi connectivity index (χ0n) is 7.59. The van der Waals surface area contributed by atoms with E-state index in [9.17, 15) is 18.4 Å². The van der Waals surface area contributed by atoms with Gasteiger partial charge >= 0.3 is 12.0 Å². The van der Waals surface area contributed by atoms with Crippen molar-refractivity contribution in [2.24, 2.45) is 0 Å².